The van der Waals surface area contributed by atoms with Gasteiger partial charge in [-0.15, -0.1) is 24.5 Å². The van der Waals surface area contributed by atoms with Crippen molar-refractivity contribution < 1.29 is 19.3 Å². The van der Waals surface area contributed by atoms with Crippen molar-refractivity contribution in [3.8, 4) is 22.6 Å². The van der Waals surface area contributed by atoms with Gasteiger partial charge in [-0.05, 0) is 17.7 Å². The third-order valence-corrected chi connectivity index (χ3v) is 5.84. The molecule has 2 heterocycles. The first-order valence-electron chi connectivity index (χ1n) is 10.4. The van der Waals surface area contributed by atoms with Crippen molar-refractivity contribution in [1.29, 1.82) is 0 Å². The SMILES string of the molecule is C=CCOC[C@H](O)CN(CC=C)Cc1nc2scc(-c3ccc(OC)c(OC)c3)c2c(=O)[nH]1. The van der Waals surface area contributed by atoms with Crippen LogP contribution in [0.2, 0.25) is 0 Å². The molecule has 0 fully saturated rings. The van der Waals surface area contributed by atoms with E-state index in [1.54, 1.807) is 26.4 Å². The predicted octanol–water partition coefficient (Wildman–Crippen LogP) is 3.22. The highest BCUT2D eigenvalue weighted by Crippen LogP contribution is 2.36. The largest absolute Gasteiger partial charge is 0.493 e. The van der Waals surface area contributed by atoms with Gasteiger partial charge in [-0.25, -0.2) is 4.98 Å². The summed E-state index contributed by atoms with van der Waals surface area (Å²) in [5, 5.41) is 12.7. The summed E-state index contributed by atoms with van der Waals surface area (Å²) in [6.07, 6.45) is 2.70. The lowest BCUT2D eigenvalue weighted by Crippen LogP contribution is -2.35. The van der Waals surface area contributed by atoms with E-state index in [4.69, 9.17) is 14.2 Å². The third kappa shape index (κ3) is 6.08. The van der Waals surface area contributed by atoms with Crippen LogP contribution in [0.3, 0.4) is 0 Å². The number of aromatic nitrogens is 2. The average Bonchev–Trinajstić information content (AvgIpc) is 3.23. The molecule has 3 rings (SSSR count). The standard InChI is InChI=1S/C24H29N3O5S/c1-5-9-27(12-17(28)14-32-10-6-2)13-21-25-23(29)22-18(15-33-24(22)26-21)16-7-8-19(30-3)20(11-16)31-4/h5-8,11,15,17,28H,1-2,9-10,12-14H2,3-4H3,(H,25,26,29)/t17-/m1/s1. The Kier molecular flexibility index (Phi) is 8.79. The van der Waals surface area contributed by atoms with E-state index >= 15 is 0 Å². The molecule has 0 radical (unpaired) electrons. The Morgan fingerprint density at radius 1 is 1.24 bits per heavy atom. The number of benzene rings is 1. The lowest BCUT2D eigenvalue weighted by molar-refractivity contribution is 0.0265. The monoisotopic (exact) mass is 471 g/mol. The van der Waals surface area contributed by atoms with Crippen LogP contribution in [0.15, 0.2) is 53.7 Å². The zero-order valence-electron chi connectivity index (χ0n) is 18.9. The molecule has 2 N–H and O–H groups in total. The van der Waals surface area contributed by atoms with Crippen LogP contribution in [0.5, 0.6) is 11.5 Å². The zero-order chi connectivity index (χ0) is 23.8. The maximum atomic E-state index is 13.0. The smallest absolute Gasteiger partial charge is 0.260 e. The Labute approximate surface area is 196 Å². The number of H-pyrrole nitrogens is 1. The highest BCUT2D eigenvalue weighted by molar-refractivity contribution is 7.17. The van der Waals surface area contributed by atoms with E-state index in [2.05, 4.69) is 23.1 Å². The Balaban J connectivity index is 1.84. The van der Waals surface area contributed by atoms with Gasteiger partial charge >= 0.3 is 0 Å². The minimum absolute atomic E-state index is 0.197. The molecule has 0 aliphatic carbocycles. The van der Waals surface area contributed by atoms with Gasteiger partial charge in [0.25, 0.3) is 5.56 Å². The Morgan fingerprint density at radius 3 is 2.73 bits per heavy atom. The summed E-state index contributed by atoms with van der Waals surface area (Å²) in [7, 11) is 3.15. The molecular formula is C24H29N3O5S. The first kappa shape index (κ1) is 24.7. The quantitative estimate of drug-likeness (QED) is 0.292. The summed E-state index contributed by atoms with van der Waals surface area (Å²) in [5.74, 6) is 1.73. The number of hydrogen-bond donors (Lipinski definition) is 2. The number of methoxy groups -OCH3 is 2. The van der Waals surface area contributed by atoms with Crippen molar-refractivity contribution in [2.45, 2.75) is 12.6 Å². The van der Waals surface area contributed by atoms with Crippen molar-refractivity contribution >= 4 is 21.6 Å². The fourth-order valence-electron chi connectivity index (χ4n) is 3.52. The van der Waals surface area contributed by atoms with Gasteiger partial charge in [-0.2, -0.15) is 0 Å². The highest BCUT2D eigenvalue weighted by Gasteiger charge is 2.17. The van der Waals surface area contributed by atoms with Crippen LogP contribution in [0, 0.1) is 0 Å². The van der Waals surface area contributed by atoms with E-state index in [1.807, 2.05) is 28.5 Å². The van der Waals surface area contributed by atoms with E-state index in [0.717, 1.165) is 11.1 Å². The number of rotatable bonds is 13. The maximum absolute atomic E-state index is 13.0. The van der Waals surface area contributed by atoms with Crippen LogP contribution >= 0.6 is 11.3 Å². The van der Waals surface area contributed by atoms with Crippen LogP contribution in [-0.2, 0) is 11.3 Å². The lowest BCUT2D eigenvalue weighted by atomic mass is 10.1. The molecule has 9 heteroatoms. The number of thiophene rings is 1. The van der Waals surface area contributed by atoms with E-state index in [9.17, 15) is 9.90 Å². The number of fused-ring (bicyclic) bond motifs is 1. The molecule has 0 saturated carbocycles. The molecule has 0 aliphatic heterocycles. The second-order valence-electron chi connectivity index (χ2n) is 7.37. The van der Waals surface area contributed by atoms with Gasteiger partial charge in [0.1, 0.15) is 10.7 Å². The Bertz CT molecular complexity index is 1160. The molecule has 0 aliphatic rings. The number of hydrogen-bond acceptors (Lipinski definition) is 8. The number of ether oxygens (including phenoxy) is 3. The molecule has 0 amide bonds. The van der Waals surface area contributed by atoms with Gasteiger partial charge in [0, 0.05) is 24.0 Å². The number of aliphatic hydroxyl groups excluding tert-OH is 1. The number of aliphatic hydroxyl groups is 1. The first-order chi connectivity index (χ1) is 16.0. The van der Waals surface area contributed by atoms with Crippen LogP contribution in [0.25, 0.3) is 21.3 Å². The van der Waals surface area contributed by atoms with Crippen LogP contribution < -0.4 is 15.0 Å². The van der Waals surface area contributed by atoms with Crippen molar-refractivity contribution in [1.82, 2.24) is 14.9 Å². The molecule has 1 aromatic carbocycles. The van der Waals surface area contributed by atoms with E-state index in [-0.39, 0.29) is 12.2 Å². The van der Waals surface area contributed by atoms with Crippen molar-refractivity contribution in [3.05, 3.63) is 65.1 Å². The van der Waals surface area contributed by atoms with E-state index < -0.39 is 6.10 Å². The molecule has 0 unspecified atom stereocenters. The number of aromatic amines is 1. The summed E-state index contributed by atoms with van der Waals surface area (Å²) in [6, 6.07) is 5.54. The summed E-state index contributed by atoms with van der Waals surface area (Å²) < 4.78 is 16.0. The Morgan fingerprint density at radius 2 is 2.03 bits per heavy atom. The molecule has 1 atom stereocenters. The summed E-state index contributed by atoms with van der Waals surface area (Å²) in [5.41, 5.74) is 1.42. The topological polar surface area (TPSA) is 96.9 Å². The van der Waals surface area contributed by atoms with Gasteiger partial charge in [0.05, 0.1) is 45.5 Å². The molecule has 2 aromatic heterocycles. The normalized spacial score (nSPS) is 12.1. The maximum Gasteiger partial charge on any atom is 0.260 e. The second kappa shape index (κ2) is 11.8. The minimum Gasteiger partial charge on any atom is -0.493 e. The van der Waals surface area contributed by atoms with Gasteiger partial charge < -0.3 is 24.3 Å². The minimum atomic E-state index is -0.682. The summed E-state index contributed by atoms with van der Waals surface area (Å²) in [4.78, 5) is 23.2. The third-order valence-electron chi connectivity index (χ3n) is 4.96. The fraction of sp³-hybridized carbons (Fsp3) is 0.333. The lowest BCUT2D eigenvalue weighted by Gasteiger charge is -2.23. The van der Waals surface area contributed by atoms with E-state index in [1.165, 1.54) is 11.3 Å². The average molecular weight is 472 g/mol. The number of nitrogens with zero attached hydrogens (tertiary/aromatic N) is 2. The van der Waals surface area contributed by atoms with Crippen molar-refractivity contribution in [2.75, 3.05) is 40.5 Å². The Hall–Kier alpha value is -2.98. The van der Waals surface area contributed by atoms with Gasteiger partial charge in [-0.1, -0.05) is 18.2 Å². The highest BCUT2D eigenvalue weighted by atomic mass is 32.1. The second-order valence-corrected chi connectivity index (χ2v) is 8.23. The molecule has 33 heavy (non-hydrogen) atoms. The first-order valence-corrected chi connectivity index (χ1v) is 11.3. The molecule has 0 bridgehead atoms. The van der Waals surface area contributed by atoms with Crippen LogP contribution in [0.1, 0.15) is 5.82 Å². The predicted molar refractivity (Wildman–Crippen MR) is 131 cm³/mol. The van der Waals surface area contributed by atoms with Crippen LogP contribution in [-0.4, -0.2) is 66.6 Å². The fourth-order valence-corrected chi connectivity index (χ4v) is 4.49. The molecule has 8 nitrogen and oxygen atoms in total. The van der Waals surface area contributed by atoms with Gasteiger partial charge in [-0.3, -0.25) is 9.69 Å². The molecule has 0 saturated heterocycles. The molecule has 176 valence electrons. The van der Waals surface area contributed by atoms with Gasteiger partial charge in [0.2, 0.25) is 0 Å². The van der Waals surface area contributed by atoms with Gasteiger partial charge in [0.15, 0.2) is 11.5 Å². The summed E-state index contributed by atoms with van der Waals surface area (Å²) in [6.45, 7) is 9.19. The van der Waals surface area contributed by atoms with E-state index in [0.29, 0.717) is 53.8 Å². The molecular weight excluding hydrogens is 442 g/mol. The zero-order valence-corrected chi connectivity index (χ0v) is 19.7. The molecule has 0 spiro atoms. The van der Waals surface area contributed by atoms with Crippen LogP contribution in [0.4, 0.5) is 0 Å². The van der Waals surface area contributed by atoms with Crippen molar-refractivity contribution in [2.24, 2.45) is 0 Å². The summed E-state index contributed by atoms with van der Waals surface area (Å²) >= 11 is 1.41. The molecule has 3 aromatic rings. The number of nitrogens with one attached hydrogen (secondary N) is 1. The van der Waals surface area contributed by atoms with Crippen molar-refractivity contribution in [3.63, 3.8) is 0 Å².